The summed E-state index contributed by atoms with van der Waals surface area (Å²) in [6, 6.07) is 0. The molecule has 0 amide bonds. The van der Waals surface area contributed by atoms with Gasteiger partial charge in [-0.15, -0.1) is 13.2 Å². The van der Waals surface area contributed by atoms with Crippen LogP contribution < -0.4 is 5.73 Å². The van der Waals surface area contributed by atoms with E-state index < -0.39 is 24.6 Å². The quantitative estimate of drug-likeness (QED) is 0.471. The van der Waals surface area contributed by atoms with Gasteiger partial charge in [0, 0.05) is 11.7 Å². The molecule has 1 saturated heterocycles. The molecule has 0 aromatic rings. The van der Waals surface area contributed by atoms with Crippen LogP contribution in [-0.4, -0.2) is 30.8 Å². The molecule has 1 rings (SSSR count). The lowest BCUT2D eigenvalue weighted by atomic mass is 9.79. The number of rotatable bonds is 2. The average molecular weight is 264 g/mol. The normalized spacial score (nSPS) is 23.9. The summed E-state index contributed by atoms with van der Waals surface area (Å²) in [4.78, 5) is 2.43. The fourth-order valence-electron chi connectivity index (χ4n) is 1.31. The highest BCUT2D eigenvalue weighted by atomic mass is 19.4. The van der Waals surface area contributed by atoms with Gasteiger partial charge in [0.15, 0.2) is 0 Å². The van der Waals surface area contributed by atoms with Crippen LogP contribution >= 0.6 is 0 Å². The molecule has 1 aliphatic rings. The molecule has 0 bridgehead atoms. The number of alkyl halides is 3. The zero-order valence-electron chi connectivity index (χ0n) is 10.7. The number of halogens is 3. The number of nitrogens with two attached hydrogens (primary N) is 1. The van der Waals surface area contributed by atoms with Crippen molar-refractivity contribution < 1.29 is 22.5 Å². The van der Waals surface area contributed by atoms with Crippen molar-refractivity contribution in [2.24, 2.45) is 10.7 Å². The molecule has 0 radical (unpaired) electrons. The van der Waals surface area contributed by atoms with Crippen molar-refractivity contribution in [2.45, 2.75) is 45.2 Å². The predicted octanol–water partition coefficient (Wildman–Crippen LogP) is 2.05. The highest BCUT2D eigenvalue weighted by Gasteiger charge is 2.52. The molecule has 0 aliphatic carbocycles. The van der Waals surface area contributed by atoms with Gasteiger partial charge in [-0.2, -0.15) is 4.99 Å². The van der Waals surface area contributed by atoms with Crippen molar-refractivity contribution in [1.82, 2.24) is 0 Å². The minimum Gasteiger partial charge on any atom is -0.405 e. The van der Waals surface area contributed by atoms with E-state index in [9.17, 15) is 13.2 Å². The highest BCUT2D eigenvalue weighted by molar-refractivity contribution is 6.60. The third-order valence-corrected chi connectivity index (χ3v) is 3.08. The fourth-order valence-corrected chi connectivity index (χ4v) is 1.31. The van der Waals surface area contributed by atoms with Gasteiger partial charge in [0.1, 0.15) is 0 Å². The van der Waals surface area contributed by atoms with E-state index in [1.807, 2.05) is 0 Å². The molecular formula is C10H16BF3N2O2. The SMILES string of the molecule is CC1(C)OB(C(=C/N)/C=N/C(F)(F)F)OC1(C)C. The second kappa shape index (κ2) is 4.58. The number of allylic oxidation sites excluding steroid dienone is 1. The van der Waals surface area contributed by atoms with Crippen molar-refractivity contribution in [1.29, 1.82) is 0 Å². The van der Waals surface area contributed by atoms with Gasteiger partial charge < -0.3 is 15.0 Å². The van der Waals surface area contributed by atoms with Crippen LogP contribution in [0.4, 0.5) is 13.2 Å². The van der Waals surface area contributed by atoms with Crippen molar-refractivity contribution in [3.8, 4) is 0 Å². The Morgan fingerprint density at radius 1 is 1.17 bits per heavy atom. The van der Waals surface area contributed by atoms with Crippen LogP contribution in [0.15, 0.2) is 16.7 Å². The van der Waals surface area contributed by atoms with Crippen LogP contribution in [-0.2, 0) is 9.31 Å². The third-order valence-electron chi connectivity index (χ3n) is 3.08. The molecule has 0 unspecified atom stereocenters. The Morgan fingerprint density at radius 3 is 1.94 bits per heavy atom. The molecule has 1 aliphatic heterocycles. The Bertz CT molecular complexity index is 362. The Morgan fingerprint density at radius 2 is 1.61 bits per heavy atom. The molecule has 18 heavy (non-hydrogen) atoms. The van der Waals surface area contributed by atoms with E-state index in [1.54, 1.807) is 27.7 Å². The largest absolute Gasteiger partial charge is 0.503 e. The van der Waals surface area contributed by atoms with Crippen molar-refractivity contribution >= 4 is 13.3 Å². The lowest BCUT2D eigenvalue weighted by Crippen LogP contribution is -2.41. The van der Waals surface area contributed by atoms with E-state index in [4.69, 9.17) is 15.0 Å². The van der Waals surface area contributed by atoms with E-state index >= 15 is 0 Å². The second-order valence-electron chi connectivity index (χ2n) is 4.98. The van der Waals surface area contributed by atoms with Crippen LogP contribution in [0, 0.1) is 0 Å². The Balaban J connectivity index is 2.86. The first-order chi connectivity index (χ1) is 7.98. The average Bonchev–Trinajstić information content (AvgIpc) is 2.35. The second-order valence-corrected chi connectivity index (χ2v) is 4.98. The van der Waals surface area contributed by atoms with E-state index in [1.165, 1.54) is 0 Å². The van der Waals surface area contributed by atoms with E-state index in [0.29, 0.717) is 6.21 Å². The molecule has 0 aromatic carbocycles. The van der Waals surface area contributed by atoms with Gasteiger partial charge >= 0.3 is 13.4 Å². The summed E-state index contributed by atoms with van der Waals surface area (Å²) < 4.78 is 47.1. The number of nitrogens with zero attached hydrogens (tertiary/aromatic N) is 1. The number of aliphatic imine (C=N–C) groups is 1. The van der Waals surface area contributed by atoms with Gasteiger partial charge in [-0.05, 0) is 33.9 Å². The predicted molar refractivity (Wildman–Crippen MR) is 62.9 cm³/mol. The number of hydrogen-bond donors (Lipinski definition) is 1. The highest BCUT2D eigenvalue weighted by Crippen LogP contribution is 2.38. The van der Waals surface area contributed by atoms with Gasteiger partial charge in [0.2, 0.25) is 0 Å². The molecule has 0 saturated carbocycles. The molecule has 102 valence electrons. The fraction of sp³-hybridized carbons (Fsp3) is 0.700. The van der Waals surface area contributed by atoms with Gasteiger partial charge in [-0.25, -0.2) is 0 Å². The van der Waals surface area contributed by atoms with Crippen LogP contribution in [0.1, 0.15) is 27.7 Å². The van der Waals surface area contributed by atoms with Gasteiger partial charge in [0.05, 0.1) is 11.2 Å². The maximum absolute atomic E-state index is 12.0. The first kappa shape index (κ1) is 15.0. The molecule has 8 heteroatoms. The van der Waals surface area contributed by atoms with Crippen LogP contribution in [0.5, 0.6) is 0 Å². The third kappa shape index (κ3) is 3.26. The first-order valence-electron chi connectivity index (χ1n) is 5.38. The summed E-state index contributed by atoms with van der Waals surface area (Å²) in [6.07, 6.45) is -3.03. The first-order valence-corrected chi connectivity index (χ1v) is 5.38. The van der Waals surface area contributed by atoms with Crippen molar-refractivity contribution in [3.63, 3.8) is 0 Å². The van der Waals surface area contributed by atoms with Crippen LogP contribution in [0.3, 0.4) is 0 Å². The van der Waals surface area contributed by atoms with Crippen molar-refractivity contribution in [3.05, 3.63) is 11.7 Å². The Hall–Kier alpha value is -1.02. The lowest BCUT2D eigenvalue weighted by molar-refractivity contribution is -0.119. The Labute approximate surface area is 104 Å². The summed E-state index contributed by atoms with van der Waals surface area (Å²) >= 11 is 0. The molecule has 2 N–H and O–H groups in total. The molecule has 0 spiro atoms. The summed E-state index contributed by atoms with van der Waals surface area (Å²) in [5.74, 6) is 0. The minimum atomic E-state index is -4.64. The summed E-state index contributed by atoms with van der Waals surface area (Å²) in [5, 5.41) is 0. The topological polar surface area (TPSA) is 56.8 Å². The van der Waals surface area contributed by atoms with Gasteiger partial charge in [-0.1, -0.05) is 0 Å². The molecular weight excluding hydrogens is 248 g/mol. The summed E-state index contributed by atoms with van der Waals surface area (Å²) in [5.41, 5.74) is 4.03. The van der Waals surface area contributed by atoms with Crippen LogP contribution in [0.25, 0.3) is 0 Å². The zero-order chi connectivity index (χ0) is 14.2. The molecule has 1 fully saturated rings. The summed E-state index contributed by atoms with van der Waals surface area (Å²) in [7, 11) is -0.953. The van der Waals surface area contributed by atoms with Gasteiger partial charge in [0.25, 0.3) is 0 Å². The lowest BCUT2D eigenvalue weighted by Gasteiger charge is -2.32. The minimum absolute atomic E-state index is 0.0333. The maximum Gasteiger partial charge on any atom is 0.503 e. The zero-order valence-corrected chi connectivity index (χ0v) is 10.7. The van der Waals surface area contributed by atoms with Crippen LogP contribution in [0.2, 0.25) is 0 Å². The van der Waals surface area contributed by atoms with E-state index in [0.717, 1.165) is 6.20 Å². The van der Waals surface area contributed by atoms with Gasteiger partial charge in [-0.3, -0.25) is 0 Å². The maximum atomic E-state index is 12.0. The molecule has 0 atom stereocenters. The standard InChI is InChI=1S/C10H16BF3N2O2/c1-8(2)9(3,4)18-11(17-8)7(5-15)6-16-10(12,13)14/h5-6H,15H2,1-4H3/b7-5+,16-6+. The van der Waals surface area contributed by atoms with Crippen molar-refractivity contribution in [2.75, 3.05) is 0 Å². The summed E-state index contributed by atoms with van der Waals surface area (Å²) in [6.45, 7) is 7.17. The van der Waals surface area contributed by atoms with E-state index in [-0.39, 0.29) is 5.47 Å². The number of hydrogen-bond acceptors (Lipinski definition) is 4. The monoisotopic (exact) mass is 264 g/mol. The molecule has 4 nitrogen and oxygen atoms in total. The smallest absolute Gasteiger partial charge is 0.405 e. The van der Waals surface area contributed by atoms with E-state index in [2.05, 4.69) is 4.99 Å². The Kier molecular flexibility index (Phi) is 3.83. The molecule has 1 heterocycles. The molecule has 0 aromatic heterocycles.